The van der Waals surface area contributed by atoms with Crippen LogP contribution in [-0.4, -0.2) is 4.98 Å². The van der Waals surface area contributed by atoms with Crippen LogP contribution >= 0.6 is 27.3 Å². The lowest BCUT2D eigenvalue weighted by atomic mass is 10.4. The van der Waals surface area contributed by atoms with Gasteiger partial charge in [-0.2, -0.15) is 0 Å². The van der Waals surface area contributed by atoms with Gasteiger partial charge < -0.3 is 10.2 Å². The second-order valence-electron chi connectivity index (χ2n) is 2.17. The van der Waals surface area contributed by atoms with E-state index in [9.17, 15) is 0 Å². The summed E-state index contributed by atoms with van der Waals surface area (Å²) in [6, 6.07) is 3.67. The summed E-state index contributed by atoms with van der Waals surface area (Å²) in [5.74, 6) is 0.731. The van der Waals surface area contributed by atoms with E-state index in [1.165, 1.54) is 11.3 Å². The third-order valence-electron chi connectivity index (χ3n) is 1.35. The number of furan rings is 1. The Morgan fingerprint density at radius 1 is 1.50 bits per heavy atom. The van der Waals surface area contributed by atoms with Crippen molar-refractivity contribution in [1.82, 2.24) is 4.98 Å². The Kier molecular flexibility index (Phi) is 1.90. The molecule has 5 heteroatoms. The van der Waals surface area contributed by atoms with E-state index < -0.39 is 0 Å². The van der Waals surface area contributed by atoms with Crippen molar-refractivity contribution in [1.29, 1.82) is 0 Å². The van der Waals surface area contributed by atoms with E-state index in [0.717, 1.165) is 11.5 Å². The van der Waals surface area contributed by atoms with Crippen molar-refractivity contribution in [2.45, 2.75) is 0 Å². The summed E-state index contributed by atoms with van der Waals surface area (Å²) in [5, 5.41) is 2.41. The van der Waals surface area contributed by atoms with Gasteiger partial charge in [0.2, 0.25) is 0 Å². The first kappa shape index (κ1) is 7.82. The highest BCUT2D eigenvalue weighted by atomic mass is 79.9. The Hall–Kier alpha value is -0.810. The maximum absolute atomic E-state index is 5.48. The summed E-state index contributed by atoms with van der Waals surface area (Å²) < 4.78 is 5.99. The monoisotopic (exact) mass is 244 g/mol. The molecule has 0 aliphatic heterocycles. The maximum Gasteiger partial charge on any atom is 0.180 e. The van der Waals surface area contributed by atoms with Crippen LogP contribution in [0.2, 0.25) is 0 Å². The number of rotatable bonds is 1. The van der Waals surface area contributed by atoms with Gasteiger partial charge >= 0.3 is 0 Å². The highest BCUT2D eigenvalue weighted by Crippen LogP contribution is 2.26. The molecule has 2 aromatic rings. The summed E-state index contributed by atoms with van der Waals surface area (Å²) in [7, 11) is 0. The van der Waals surface area contributed by atoms with Crippen molar-refractivity contribution in [2.75, 3.05) is 5.73 Å². The largest absolute Gasteiger partial charge is 0.448 e. The van der Waals surface area contributed by atoms with Crippen LogP contribution in [0.3, 0.4) is 0 Å². The second kappa shape index (κ2) is 2.91. The van der Waals surface area contributed by atoms with Crippen molar-refractivity contribution in [3.8, 4) is 11.5 Å². The van der Waals surface area contributed by atoms with Gasteiger partial charge in [-0.1, -0.05) is 0 Å². The molecule has 0 amide bonds. The Morgan fingerprint density at radius 2 is 2.33 bits per heavy atom. The van der Waals surface area contributed by atoms with E-state index in [-0.39, 0.29) is 0 Å². The first-order chi connectivity index (χ1) is 5.75. The van der Waals surface area contributed by atoms with E-state index in [1.807, 2.05) is 17.5 Å². The molecule has 3 nitrogen and oxygen atoms in total. The quantitative estimate of drug-likeness (QED) is 0.840. The summed E-state index contributed by atoms with van der Waals surface area (Å²) in [6.07, 6.45) is 0. The first-order valence-corrected chi connectivity index (χ1v) is 4.89. The van der Waals surface area contributed by atoms with Gasteiger partial charge in [0.1, 0.15) is 5.69 Å². The van der Waals surface area contributed by atoms with E-state index in [2.05, 4.69) is 20.9 Å². The lowest BCUT2D eigenvalue weighted by Gasteiger charge is -1.86. The van der Waals surface area contributed by atoms with Crippen molar-refractivity contribution < 1.29 is 4.42 Å². The van der Waals surface area contributed by atoms with E-state index in [4.69, 9.17) is 10.2 Å². The Labute approximate surface area is 81.4 Å². The SMILES string of the molecule is Nc1nc(-c2ccc(Br)o2)cs1. The van der Waals surface area contributed by atoms with Crippen molar-refractivity contribution in [3.63, 3.8) is 0 Å². The summed E-state index contributed by atoms with van der Waals surface area (Å²) >= 11 is 4.61. The molecule has 62 valence electrons. The number of thiazole rings is 1. The molecule has 0 bridgehead atoms. The highest BCUT2D eigenvalue weighted by Gasteiger charge is 2.05. The van der Waals surface area contributed by atoms with E-state index in [1.54, 1.807) is 0 Å². The predicted octanol–water partition coefficient (Wildman–Crippen LogP) is 2.75. The molecule has 0 saturated carbocycles. The lowest BCUT2D eigenvalue weighted by molar-refractivity contribution is 0.554. The van der Waals surface area contributed by atoms with Crippen LogP contribution in [0.1, 0.15) is 0 Å². The average Bonchev–Trinajstić information content (AvgIpc) is 2.58. The lowest BCUT2D eigenvalue weighted by Crippen LogP contribution is -1.81. The average molecular weight is 245 g/mol. The van der Waals surface area contributed by atoms with Gasteiger partial charge in [-0.05, 0) is 28.1 Å². The number of anilines is 1. The van der Waals surface area contributed by atoms with Gasteiger partial charge in [-0.25, -0.2) is 4.98 Å². The predicted molar refractivity (Wildman–Crippen MR) is 51.9 cm³/mol. The Morgan fingerprint density at radius 3 is 2.83 bits per heavy atom. The fourth-order valence-electron chi connectivity index (χ4n) is 0.853. The van der Waals surface area contributed by atoms with Crippen LogP contribution in [0.25, 0.3) is 11.5 Å². The molecule has 12 heavy (non-hydrogen) atoms. The molecule has 0 aromatic carbocycles. The molecule has 0 fully saturated rings. The van der Waals surface area contributed by atoms with Crippen LogP contribution in [0.15, 0.2) is 26.6 Å². The smallest absolute Gasteiger partial charge is 0.180 e. The molecule has 2 rings (SSSR count). The topological polar surface area (TPSA) is 52.0 Å². The summed E-state index contributed by atoms with van der Waals surface area (Å²) in [4.78, 5) is 4.08. The van der Waals surface area contributed by atoms with Crippen LogP contribution in [0, 0.1) is 0 Å². The molecule has 0 saturated heterocycles. The molecule has 0 aliphatic rings. The highest BCUT2D eigenvalue weighted by molar-refractivity contribution is 9.10. The minimum absolute atomic E-state index is 0.553. The van der Waals surface area contributed by atoms with Crippen LogP contribution < -0.4 is 5.73 Å². The zero-order chi connectivity index (χ0) is 8.55. The molecule has 2 heterocycles. The number of nitrogen functional groups attached to an aromatic ring is 1. The van der Waals surface area contributed by atoms with Crippen molar-refractivity contribution in [3.05, 3.63) is 22.2 Å². The standard InChI is InChI=1S/C7H5BrN2OS/c8-6-2-1-5(11-6)4-3-12-7(9)10-4/h1-3H,(H2,9,10). The number of halogens is 1. The fourth-order valence-corrected chi connectivity index (χ4v) is 1.71. The zero-order valence-corrected chi connectivity index (χ0v) is 8.35. The Balaban J connectivity index is 2.43. The van der Waals surface area contributed by atoms with Gasteiger partial charge in [0.15, 0.2) is 15.6 Å². The molecule has 0 radical (unpaired) electrons. The number of nitrogens with two attached hydrogens (primary N) is 1. The summed E-state index contributed by atoms with van der Waals surface area (Å²) in [5.41, 5.74) is 6.26. The van der Waals surface area contributed by atoms with Crippen molar-refractivity contribution >= 4 is 32.4 Å². The maximum atomic E-state index is 5.48. The minimum Gasteiger partial charge on any atom is -0.448 e. The molecule has 2 N–H and O–H groups in total. The summed E-state index contributed by atoms with van der Waals surface area (Å²) in [6.45, 7) is 0. The van der Waals surface area contributed by atoms with Gasteiger partial charge in [-0.3, -0.25) is 0 Å². The van der Waals surface area contributed by atoms with E-state index >= 15 is 0 Å². The third-order valence-corrected chi connectivity index (χ3v) is 2.45. The number of hydrogen-bond donors (Lipinski definition) is 1. The second-order valence-corrected chi connectivity index (χ2v) is 3.85. The van der Waals surface area contributed by atoms with Crippen LogP contribution in [0.5, 0.6) is 0 Å². The van der Waals surface area contributed by atoms with E-state index in [0.29, 0.717) is 9.80 Å². The van der Waals surface area contributed by atoms with Crippen LogP contribution in [0.4, 0.5) is 5.13 Å². The van der Waals surface area contributed by atoms with Crippen LogP contribution in [-0.2, 0) is 0 Å². The van der Waals surface area contributed by atoms with Gasteiger partial charge in [0.25, 0.3) is 0 Å². The molecule has 2 aromatic heterocycles. The Bertz CT molecular complexity index is 357. The molecular weight excluding hydrogens is 240 g/mol. The molecular formula is C7H5BrN2OS. The normalized spacial score (nSPS) is 10.4. The first-order valence-electron chi connectivity index (χ1n) is 3.22. The number of nitrogens with zero attached hydrogens (tertiary/aromatic N) is 1. The third kappa shape index (κ3) is 1.37. The fraction of sp³-hybridized carbons (Fsp3) is 0. The zero-order valence-electron chi connectivity index (χ0n) is 5.95. The molecule has 0 aliphatic carbocycles. The molecule has 0 spiro atoms. The van der Waals surface area contributed by atoms with Crippen molar-refractivity contribution in [2.24, 2.45) is 0 Å². The number of hydrogen-bond acceptors (Lipinski definition) is 4. The minimum atomic E-state index is 0.553. The molecule has 0 atom stereocenters. The molecule has 0 unspecified atom stereocenters. The number of aromatic nitrogens is 1. The van der Waals surface area contributed by atoms with Gasteiger partial charge in [-0.15, -0.1) is 11.3 Å². The van der Waals surface area contributed by atoms with Gasteiger partial charge in [0, 0.05) is 5.38 Å². The van der Waals surface area contributed by atoms with Gasteiger partial charge in [0.05, 0.1) is 0 Å².